The summed E-state index contributed by atoms with van der Waals surface area (Å²) in [7, 11) is 2.19. The highest BCUT2D eigenvalue weighted by molar-refractivity contribution is 7.99. The van der Waals surface area contributed by atoms with Gasteiger partial charge in [0.25, 0.3) is 0 Å². The first-order valence-electron chi connectivity index (χ1n) is 6.56. The van der Waals surface area contributed by atoms with E-state index in [9.17, 15) is 0 Å². The van der Waals surface area contributed by atoms with Crippen LogP contribution in [0.2, 0.25) is 0 Å². The monoisotopic (exact) mass is 248 g/mol. The minimum Gasteiger partial charge on any atom is -0.375 e. The van der Waals surface area contributed by atoms with Crippen LogP contribution in [0.4, 0.5) is 5.69 Å². The van der Waals surface area contributed by atoms with Crippen molar-refractivity contribution in [3.63, 3.8) is 0 Å². The average molecular weight is 248 g/mol. The third kappa shape index (κ3) is 4.27. The number of rotatable bonds is 5. The maximum atomic E-state index is 2.46. The van der Waals surface area contributed by atoms with Gasteiger partial charge in [0.1, 0.15) is 0 Å². The molecule has 1 aromatic carbocycles. The number of para-hydroxylation sites is 1. The Morgan fingerprint density at radius 2 is 2.12 bits per heavy atom. The van der Waals surface area contributed by atoms with Gasteiger partial charge in [0.05, 0.1) is 0 Å². The van der Waals surface area contributed by atoms with Crippen LogP contribution in [0, 0.1) is 6.42 Å². The lowest BCUT2D eigenvalue weighted by Crippen LogP contribution is -2.20. The molecule has 17 heavy (non-hydrogen) atoms. The standard InChI is InChI=1S/C15H22NS/c1-16(14-8-3-2-4-9-14)12-7-11-15-10-5-6-13-17-15/h2-5,8-9,15H,6-7,10-13H2,1H3. The Kier molecular flexibility index (Phi) is 5.24. The summed E-state index contributed by atoms with van der Waals surface area (Å²) in [4.78, 5) is 2.36. The maximum absolute atomic E-state index is 2.46. The normalized spacial score (nSPS) is 20.2. The molecule has 1 radical (unpaired) electrons. The molecule has 0 saturated carbocycles. The lowest BCUT2D eigenvalue weighted by atomic mass is 10.1. The summed E-state index contributed by atoms with van der Waals surface area (Å²) >= 11 is 2.16. The van der Waals surface area contributed by atoms with E-state index in [2.05, 4.69) is 60.5 Å². The van der Waals surface area contributed by atoms with E-state index in [1.807, 2.05) is 0 Å². The SMILES string of the molecule is CN(CCCC1C[CH]CCS1)c1ccccc1. The first kappa shape index (κ1) is 12.8. The largest absolute Gasteiger partial charge is 0.375 e. The van der Waals surface area contributed by atoms with Crippen LogP contribution in [0.5, 0.6) is 0 Å². The van der Waals surface area contributed by atoms with Crippen molar-refractivity contribution in [3.8, 4) is 0 Å². The molecule has 1 atom stereocenters. The molecule has 1 nitrogen and oxygen atoms in total. The molecule has 1 unspecified atom stereocenters. The second kappa shape index (κ2) is 6.95. The van der Waals surface area contributed by atoms with Crippen molar-refractivity contribution in [2.75, 3.05) is 24.2 Å². The summed E-state index contributed by atoms with van der Waals surface area (Å²) in [6.45, 7) is 1.17. The van der Waals surface area contributed by atoms with Crippen molar-refractivity contribution in [3.05, 3.63) is 36.8 Å². The molecular formula is C15H22NS. The Hall–Kier alpha value is -0.630. The predicted octanol–water partition coefficient (Wildman–Crippen LogP) is 4.00. The summed E-state index contributed by atoms with van der Waals surface area (Å²) in [6, 6.07) is 10.7. The molecule has 2 rings (SSSR count). The molecule has 0 N–H and O–H groups in total. The van der Waals surface area contributed by atoms with Crippen molar-refractivity contribution < 1.29 is 0 Å². The first-order chi connectivity index (χ1) is 8.36. The summed E-state index contributed by atoms with van der Waals surface area (Å²) < 4.78 is 0. The molecule has 1 fully saturated rings. The van der Waals surface area contributed by atoms with Gasteiger partial charge in [-0.2, -0.15) is 11.8 Å². The Morgan fingerprint density at radius 3 is 2.82 bits per heavy atom. The molecule has 93 valence electrons. The molecule has 1 aromatic rings. The summed E-state index contributed by atoms with van der Waals surface area (Å²) in [6.07, 6.45) is 7.75. The highest BCUT2D eigenvalue weighted by Gasteiger charge is 2.13. The third-order valence-electron chi connectivity index (χ3n) is 3.32. The average Bonchev–Trinajstić information content (AvgIpc) is 2.41. The molecule has 0 aliphatic carbocycles. The molecule has 1 heterocycles. The third-order valence-corrected chi connectivity index (χ3v) is 4.69. The van der Waals surface area contributed by atoms with Crippen LogP contribution in [-0.2, 0) is 0 Å². The molecule has 0 amide bonds. The predicted molar refractivity (Wildman–Crippen MR) is 78.7 cm³/mol. The van der Waals surface area contributed by atoms with Crippen LogP contribution in [0.3, 0.4) is 0 Å². The lowest BCUT2D eigenvalue weighted by molar-refractivity contribution is 0.665. The lowest BCUT2D eigenvalue weighted by Gasteiger charge is -2.23. The van der Waals surface area contributed by atoms with Gasteiger partial charge in [-0.3, -0.25) is 0 Å². The van der Waals surface area contributed by atoms with Crippen molar-refractivity contribution >= 4 is 17.4 Å². The molecule has 1 aliphatic heterocycles. The van der Waals surface area contributed by atoms with E-state index in [1.54, 1.807) is 0 Å². The number of hydrogen-bond acceptors (Lipinski definition) is 2. The molecule has 2 heteroatoms. The van der Waals surface area contributed by atoms with Gasteiger partial charge in [0.2, 0.25) is 0 Å². The van der Waals surface area contributed by atoms with E-state index in [0.29, 0.717) is 0 Å². The Labute approximate surface area is 110 Å². The summed E-state index contributed by atoms with van der Waals surface area (Å²) in [5, 5.41) is 0.882. The Bertz CT molecular complexity index is 306. The molecule has 1 saturated heterocycles. The number of hydrogen-bond donors (Lipinski definition) is 0. The van der Waals surface area contributed by atoms with E-state index in [0.717, 1.165) is 5.25 Å². The Morgan fingerprint density at radius 1 is 1.29 bits per heavy atom. The van der Waals surface area contributed by atoms with Gasteiger partial charge >= 0.3 is 0 Å². The number of benzene rings is 1. The molecule has 1 aliphatic rings. The van der Waals surface area contributed by atoms with Gasteiger partial charge in [-0.15, -0.1) is 0 Å². The fourth-order valence-electron chi connectivity index (χ4n) is 2.26. The van der Waals surface area contributed by atoms with Crippen LogP contribution < -0.4 is 4.90 Å². The smallest absolute Gasteiger partial charge is 0.0363 e. The van der Waals surface area contributed by atoms with Crippen molar-refractivity contribution in [2.24, 2.45) is 0 Å². The quantitative estimate of drug-likeness (QED) is 0.775. The zero-order valence-corrected chi connectivity index (χ0v) is 11.5. The molecule has 0 aromatic heterocycles. The van der Waals surface area contributed by atoms with Crippen molar-refractivity contribution in [1.82, 2.24) is 0 Å². The number of thioether (sulfide) groups is 1. The van der Waals surface area contributed by atoms with E-state index in [4.69, 9.17) is 0 Å². The van der Waals surface area contributed by atoms with Gasteiger partial charge in [-0.25, -0.2) is 0 Å². The topological polar surface area (TPSA) is 3.24 Å². The van der Waals surface area contributed by atoms with Crippen LogP contribution in [0.25, 0.3) is 0 Å². The molecule has 0 spiro atoms. The van der Waals surface area contributed by atoms with Crippen molar-refractivity contribution in [2.45, 2.75) is 30.9 Å². The molecular weight excluding hydrogens is 226 g/mol. The van der Waals surface area contributed by atoms with Crippen LogP contribution in [-0.4, -0.2) is 24.6 Å². The van der Waals surface area contributed by atoms with Crippen LogP contribution in [0.1, 0.15) is 25.7 Å². The second-order valence-electron chi connectivity index (χ2n) is 4.71. The van der Waals surface area contributed by atoms with E-state index in [-0.39, 0.29) is 0 Å². The van der Waals surface area contributed by atoms with E-state index >= 15 is 0 Å². The number of nitrogens with zero attached hydrogens (tertiary/aromatic N) is 1. The van der Waals surface area contributed by atoms with Crippen LogP contribution in [0.15, 0.2) is 30.3 Å². The summed E-state index contributed by atoms with van der Waals surface area (Å²) in [5.41, 5.74) is 1.33. The second-order valence-corrected chi connectivity index (χ2v) is 6.11. The van der Waals surface area contributed by atoms with E-state index in [1.165, 1.54) is 43.7 Å². The molecule has 0 bridgehead atoms. The van der Waals surface area contributed by atoms with Crippen LogP contribution >= 0.6 is 11.8 Å². The number of anilines is 1. The highest BCUT2D eigenvalue weighted by Crippen LogP contribution is 2.27. The van der Waals surface area contributed by atoms with Gasteiger partial charge < -0.3 is 4.90 Å². The minimum absolute atomic E-state index is 0.882. The summed E-state index contributed by atoms with van der Waals surface area (Å²) in [5.74, 6) is 1.33. The van der Waals surface area contributed by atoms with Crippen molar-refractivity contribution in [1.29, 1.82) is 0 Å². The highest BCUT2D eigenvalue weighted by atomic mass is 32.2. The maximum Gasteiger partial charge on any atom is 0.0363 e. The minimum atomic E-state index is 0.882. The Balaban J connectivity index is 1.67. The zero-order chi connectivity index (χ0) is 11.9. The first-order valence-corrected chi connectivity index (χ1v) is 7.60. The van der Waals surface area contributed by atoms with Gasteiger partial charge in [-0.05, 0) is 50.0 Å². The van der Waals surface area contributed by atoms with E-state index < -0.39 is 0 Å². The fraction of sp³-hybridized carbons (Fsp3) is 0.533. The van der Waals surface area contributed by atoms with Gasteiger partial charge in [0.15, 0.2) is 0 Å². The van der Waals surface area contributed by atoms with Gasteiger partial charge in [-0.1, -0.05) is 18.2 Å². The zero-order valence-electron chi connectivity index (χ0n) is 10.6. The fourth-order valence-corrected chi connectivity index (χ4v) is 3.50. The van der Waals surface area contributed by atoms with Gasteiger partial charge in [0, 0.05) is 24.5 Å².